The molecule has 2 aromatic rings. The Morgan fingerprint density at radius 2 is 1.89 bits per heavy atom. The van der Waals surface area contributed by atoms with E-state index in [0.717, 1.165) is 12.0 Å². The highest BCUT2D eigenvalue weighted by Gasteiger charge is 2.03. The molecule has 2 rings (SSSR count). The number of aromatic nitrogens is 1. The quantitative estimate of drug-likeness (QED) is 0.455. The minimum atomic E-state index is -0.595. The van der Waals surface area contributed by atoms with E-state index in [2.05, 4.69) is 5.10 Å². The summed E-state index contributed by atoms with van der Waals surface area (Å²) in [6.07, 6.45) is 4.28. The third-order valence-electron chi connectivity index (χ3n) is 2.60. The van der Waals surface area contributed by atoms with Crippen molar-refractivity contribution in [1.82, 2.24) is 0 Å². The second-order valence-electron chi connectivity index (χ2n) is 3.82. The summed E-state index contributed by atoms with van der Waals surface area (Å²) in [7, 11) is 0. The highest BCUT2D eigenvalue weighted by Crippen LogP contribution is 2.05. The van der Waals surface area contributed by atoms with Crippen molar-refractivity contribution in [3.05, 3.63) is 65.7 Å². The van der Waals surface area contributed by atoms with Gasteiger partial charge in [0.25, 0.3) is 0 Å². The van der Waals surface area contributed by atoms with Crippen LogP contribution < -0.4 is 9.78 Å². The molecule has 0 aliphatic heterocycles. The molecule has 1 heterocycles. The minimum Gasteiger partial charge on any atom is -0.854 e. The third kappa shape index (κ3) is 2.71. The van der Waals surface area contributed by atoms with Gasteiger partial charge in [-0.15, -0.1) is 0 Å². The molecule has 18 heavy (non-hydrogen) atoms. The van der Waals surface area contributed by atoms with E-state index in [9.17, 15) is 9.50 Å². The maximum atomic E-state index is 13.4. The normalized spacial score (nSPS) is 11.6. The summed E-state index contributed by atoms with van der Waals surface area (Å²) in [6, 6.07) is 9.55. The zero-order valence-electron chi connectivity index (χ0n) is 10.0. The van der Waals surface area contributed by atoms with Gasteiger partial charge in [-0.05, 0) is 23.2 Å². The van der Waals surface area contributed by atoms with E-state index >= 15 is 0 Å². The molecule has 0 spiro atoms. The number of nitrogens with zero attached hydrogens (tertiary/aromatic N) is 2. The van der Waals surface area contributed by atoms with Crippen LogP contribution in [-0.4, -0.2) is 5.90 Å². The van der Waals surface area contributed by atoms with Crippen LogP contribution in [0.1, 0.15) is 18.1 Å². The predicted molar refractivity (Wildman–Crippen MR) is 64.4 cm³/mol. The standard InChI is InChI=1S/C14H13FN2O/c1-2-11-7-9-17(10-8-11)16-14(18)12-5-3-4-6-13(12)15/h3-10H,2H2,1H3. The van der Waals surface area contributed by atoms with Gasteiger partial charge in [0.05, 0.1) is 5.90 Å². The first-order chi connectivity index (χ1) is 8.70. The van der Waals surface area contributed by atoms with Crippen LogP contribution in [0.4, 0.5) is 4.39 Å². The van der Waals surface area contributed by atoms with E-state index < -0.39 is 11.7 Å². The fourth-order valence-electron chi connectivity index (χ4n) is 1.55. The second-order valence-corrected chi connectivity index (χ2v) is 3.82. The average molecular weight is 244 g/mol. The number of halogens is 1. The predicted octanol–water partition coefficient (Wildman–Crippen LogP) is 1.25. The van der Waals surface area contributed by atoms with Gasteiger partial charge in [0.1, 0.15) is 5.82 Å². The number of aryl methyl sites for hydroxylation is 1. The number of rotatable bonds is 3. The van der Waals surface area contributed by atoms with Crippen LogP contribution in [0.2, 0.25) is 0 Å². The van der Waals surface area contributed by atoms with E-state index in [1.807, 2.05) is 19.1 Å². The Morgan fingerprint density at radius 1 is 1.22 bits per heavy atom. The van der Waals surface area contributed by atoms with Gasteiger partial charge in [0.15, 0.2) is 0 Å². The van der Waals surface area contributed by atoms with Gasteiger partial charge in [-0.1, -0.05) is 29.8 Å². The molecule has 0 aliphatic rings. The van der Waals surface area contributed by atoms with Crippen LogP contribution in [0, 0.1) is 5.82 Å². The van der Waals surface area contributed by atoms with Crippen LogP contribution in [0.25, 0.3) is 0 Å². The molecule has 0 bridgehead atoms. The summed E-state index contributed by atoms with van der Waals surface area (Å²) in [5.41, 5.74) is 1.13. The van der Waals surface area contributed by atoms with Crippen molar-refractivity contribution in [2.45, 2.75) is 13.3 Å². The van der Waals surface area contributed by atoms with E-state index in [-0.39, 0.29) is 5.56 Å². The SMILES string of the molecule is CCc1cc[n+](/N=C(/[O-])c2ccccc2F)cc1. The number of hydrogen-bond donors (Lipinski definition) is 0. The maximum Gasteiger partial charge on any atom is 0.202 e. The van der Waals surface area contributed by atoms with Gasteiger partial charge in [-0.25, -0.2) is 4.39 Å². The van der Waals surface area contributed by atoms with Crippen LogP contribution in [0.3, 0.4) is 0 Å². The molecule has 1 aromatic heterocycles. The van der Waals surface area contributed by atoms with Crippen LogP contribution in [0.5, 0.6) is 0 Å². The summed E-state index contributed by atoms with van der Waals surface area (Å²) in [5, 5.41) is 15.6. The first kappa shape index (κ1) is 12.2. The third-order valence-corrected chi connectivity index (χ3v) is 2.60. The lowest BCUT2D eigenvalue weighted by molar-refractivity contribution is -0.681. The van der Waals surface area contributed by atoms with Gasteiger partial charge in [-0.2, -0.15) is 0 Å². The molecule has 4 heteroatoms. The van der Waals surface area contributed by atoms with Crippen molar-refractivity contribution in [2.24, 2.45) is 5.10 Å². The second kappa shape index (κ2) is 5.40. The molecule has 0 saturated heterocycles. The molecule has 0 N–H and O–H groups in total. The summed E-state index contributed by atoms with van der Waals surface area (Å²) in [4.78, 5) is 0. The molecule has 0 saturated carbocycles. The monoisotopic (exact) mass is 244 g/mol. The minimum absolute atomic E-state index is 0.0235. The first-order valence-electron chi connectivity index (χ1n) is 5.72. The number of hydrogen-bond acceptors (Lipinski definition) is 2. The summed E-state index contributed by atoms with van der Waals surface area (Å²) >= 11 is 0. The van der Waals surface area contributed by atoms with Gasteiger partial charge in [0, 0.05) is 17.7 Å². The molecule has 0 fully saturated rings. The van der Waals surface area contributed by atoms with Crippen molar-refractivity contribution in [1.29, 1.82) is 0 Å². The zero-order chi connectivity index (χ0) is 13.0. The Bertz CT molecular complexity index is 564. The van der Waals surface area contributed by atoms with Crippen molar-refractivity contribution in [3.8, 4) is 0 Å². The molecule has 0 radical (unpaired) electrons. The van der Waals surface area contributed by atoms with Crippen LogP contribution in [0.15, 0.2) is 53.9 Å². The molecule has 0 amide bonds. The summed E-state index contributed by atoms with van der Waals surface area (Å²) < 4.78 is 14.8. The van der Waals surface area contributed by atoms with E-state index in [1.165, 1.54) is 22.9 Å². The Labute approximate surface area is 105 Å². The average Bonchev–Trinajstić information content (AvgIpc) is 2.40. The molecule has 3 nitrogen and oxygen atoms in total. The van der Waals surface area contributed by atoms with Crippen molar-refractivity contribution in [3.63, 3.8) is 0 Å². The van der Waals surface area contributed by atoms with Gasteiger partial charge in [0.2, 0.25) is 12.4 Å². The Balaban J connectivity index is 2.29. The lowest BCUT2D eigenvalue weighted by Crippen LogP contribution is -2.33. The summed E-state index contributed by atoms with van der Waals surface area (Å²) in [5.74, 6) is -1.15. The number of pyridine rings is 1. The summed E-state index contributed by atoms with van der Waals surface area (Å²) in [6.45, 7) is 2.04. The molecule has 0 atom stereocenters. The van der Waals surface area contributed by atoms with Crippen LogP contribution in [-0.2, 0) is 6.42 Å². The largest absolute Gasteiger partial charge is 0.854 e. The zero-order valence-corrected chi connectivity index (χ0v) is 10.0. The van der Waals surface area contributed by atoms with Gasteiger partial charge < -0.3 is 5.11 Å². The maximum absolute atomic E-state index is 13.4. The number of benzene rings is 1. The molecular formula is C14H13FN2O. The molecular weight excluding hydrogens is 231 g/mol. The fourth-order valence-corrected chi connectivity index (χ4v) is 1.55. The lowest BCUT2D eigenvalue weighted by atomic mass is 10.2. The molecule has 92 valence electrons. The van der Waals surface area contributed by atoms with Crippen molar-refractivity contribution in [2.75, 3.05) is 0 Å². The molecule has 0 aliphatic carbocycles. The van der Waals surface area contributed by atoms with Crippen molar-refractivity contribution < 1.29 is 14.2 Å². The van der Waals surface area contributed by atoms with Crippen LogP contribution >= 0.6 is 0 Å². The topological polar surface area (TPSA) is 39.3 Å². The van der Waals surface area contributed by atoms with Gasteiger partial charge >= 0.3 is 0 Å². The Morgan fingerprint density at radius 3 is 2.50 bits per heavy atom. The Kier molecular flexibility index (Phi) is 3.67. The smallest absolute Gasteiger partial charge is 0.202 e. The first-order valence-corrected chi connectivity index (χ1v) is 5.72. The van der Waals surface area contributed by atoms with Crippen molar-refractivity contribution >= 4 is 5.90 Å². The fraction of sp³-hybridized carbons (Fsp3) is 0.143. The van der Waals surface area contributed by atoms with E-state index in [0.29, 0.717) is 0 Å². The lowest BCUT2D eigenvalue weighted by Gasteiger charge is -2.07. The Hall–Kier alpha value is -2.23. The van der Waals surface area contributed by atoms with Gasteiger partial charge in [-0.3, -0.25) is 0 Å². The molecule has 1 aromatic carbocycles. The van der Waals surface area contributed by atoms with E-state index in [1.54, 1.807) is 18.5 Å². The van der Waals surface area contributed by atoms with E-state index in [4.69, 9.17) is 0 Å². The molecule has 0 unspecified atom stereocenters. The highest BCUT2D eigenvalue weighted by atomic mass is 19.1. The highest BCUT2D eigenvalue weighted by molar-refractivity contribution is 5.90.